The first-order chi connectivity index (χ1) is 9.74. The summed E-state index contributed by atoms with van der Waals surface area (Å²) in [4.78, 5) is 2.41. The number of hydrogen-bond donors (Lipinski definition) is 2. The summed E-state index contributed by atoms with van der Waals surface area (Å²) < 4.78 is 5.39. The van der Waals surface area contributed by atoms with Crippen molar-refractivity contribution in [2.24, 2.45) is 0 Å². The summed E-state index contributed by atoms with van der Waals surface area (Å²) in [7, 11) is 0. The summed E-state index contributed by atoms with van der Waals surface area (Å²) in [5.74, 6) is 0. The van der Waals surface area contributed by atoms with E-state index in [4.69, 9.17) is 16.2 Å². The van der Waals surface area contributed by atoms with Gasteiger partial charge in [-0.05, 0) is 40.1 Å². The maximum Gasteiger partial charge on any atom is 0.0594 e. The molecule has 0 aliphatic carbocycles. The van der Waals surface area contributed by atoms with Gasteiger partial charge >= 0.3 is 0 Å². The second-order valence-electron chi connectivity index (χ2n) is 5.05. The first-order valence-electron chi connectivity index (χ1n) is 6.74. The van der Waals surface area contributed by atoms with Crippen LogP contribution in [-0.2, 0) is 11.3 Å². The fourth-order valence-electron chi connectivity index (χ4n) is 2.49. The monoisotopic (exact) mass is 289 g/mol. The first kappa shape index (κ1) is 13.4. The lowest BCUT2D eigenvalue weighted by Gasteiger charge is -2.26. The molecule has 0 bridgehead atoms. The molecule has 1 aliphatic rings. The van der Waals surface area contributed by atoms with Crippen LogP contribution >= 0.6 is 11.3 Å². The molecule has 2 aromatic rings. The molecule has 0 radical (unpaired) electrons. The Kier molecular flexibility index (Phi) is 3.91. The number of benzene rings is 1. The van der Waals surface area contributed by atoms with E-state index in [1.165, 1.54) is 11.1 Å². The van der Waals surface area contributed by atoms with E-state index < -0.39 is 0 Å². The van der Waals surface area contributed by atoms with Gasteiger partial charge in [0, 0.05) is 36.6 Å². The highest BCUT2D eigenvalue weighted by Gasteiger charge is 2.15. The minimum Gasteiger partial charge on any atom is -0.399 e. The van der Waals surface area contributed by atoms with Crippen LogP contribution in [0.5, 0.6) is 0 Å². The predicted octanol–water partition coefficient (Wildman–Crippen LogP) is 2.41. The Morgan fingerprint density at radius 3 is 2.70 bits per heavy atom. The lowest BCUT2D eigenvalue weighted by atomic mass is 10.0. The van der Waals surface area contributed by atoms with Gasteiger partial charge in [0.2, 0.25) is 0 Å². The van der Waals surface area contributed by atoms with E-state index in [0.717, 1.165) is 49.8 Å². The van der Waals surface area contributed by atoms with Crippen LogP contribution in [0, 0.1) is 0 Å². The lowest BCUT2D eigenvalue weighted by molar-refractivity contribution is 0.0343. The van der Waals surface area contributed by atoms with Gasteiger partial charge in [-0.2, -0.15) is 11.3 Å². The van der Waals surface area contributed by atoms with Crippen molar-refractivity contribution >= 4 is 22.7 Å². The zero-order chi connectivity index (χ0) is 13.9. The fourth-order valence-corrected chi connectivity index (χ4v) is 3.34. The number of morpholine rings is 1. The van der Waals surface area contributed by atoms with Crippen molar-refractivity contribution in [3.8, 4) is 11.1 Å². The average molecular weight is 289 g/mol. The van der Waals surface area contributed by atoms with Gasteiger partial charge in [-0.15, -0.1) is 0 Å². The Hall–Kier alpha value is -1.56. The van der Waals surface area contributed by atoms with Crippen LogP contribution < -0.4 is 11.5 Å². The third-order valence-corrected chi connectivity index (χ3v) is 4.40. The molecular formula is C15H19N3OS. The molecule has 3 rings (SSSR count). The summed E-state index contributed by atoms with van der Waals surface area (Å²) in [6.45, 7) is 4.56. The van der Waals surface area contributed by atoms with Crippen LogP contribution in [0.15, 0.2) is 29.0 Å². The van der Waals surface area contributed by atoms with Crippen molar-refractivity contribution in [2.45, 2.75) is 6.54 Å². The van der Waals surface area contributed by atoms with Crippen molar-refractivity contribution in [3.63, 3.8) is 0 Å². The minimum atomic E-state index is 0.748. The topological polar surface area (TPSA) is 64.5 Å². The van der Waals surface area contributed by atoms with E-state index in [0.29, 0.717) is 0 Å². The van der Waals surface area contributed by atoms with Crippen LogP contribution in [-0.4, -0.2) is 31.2 Å². The SMILES string of the molecule is Nc1ccc(N)c(-c2cscc2CN2CCOCC2)c1. The van der Waals surface area contributed by atoms with Crippen LogP contribution in [0.3, 0.4) is 0 Å². The average Bonchev–Trinajstić information content (AvgIpc) is 2.91. The molecule has 0 atom stereocenters. The van der Waals surface area contributed by atoms with Crippen molar-refractivity contribution in [1.29, 1.82) is 0 Å². The van der Waals surface area contributed by atoms with Gasteiger partial charge in [0.15, 0.2) is 0 Å². The van der Waals surface area contributed by atoms with Gasteiger partial charge in [-0.3, -0.25) is 4.90 Å². The van der Waals surface area contributed by atoms with Gasteiger partial charge in [0.1, 0.15) is 0 Å². The molecule has 20 heavy (non-hydrogen) atoms. The van der Waals surface area contributed by atoms with Gasteiger partial charge in [-0.25, -0.2) is 0 Å². The molecular weight excluding hydrogens is 270 g/mol. The summed E-state index contributed by atoms with van der Waals surface area (Å²) in [6, 6.07) is 5.67. The maximum atomic E-state index is 6.10. The third kappa shape index (κ3) is 2.80. The van der Waals surface area contributed by atoms with Crippen LogP contribution in [0.2, 0.25) is 0 Å². The molecule has 5 heteroatoms. The number of anilines is 2. The molecule has 106 valence electrons. The summed E-state index contributed by atoms with van der Waals surface area (Å²) >= 11 is 1.71. The quantitative estimate of drug-likeness (QED) is 0.852. The largest absolute Gasteiger partial charge is 0.399 e. The summed E-state index contributed by atoms with van der Waals surface area (Å²) in [5, 5.41) is 4.36. The highest BCUT2D eigenvalue weighted by Crippen LogP contribution is 2.33. The predicted molar refractivity (Wildman–Crippen MR) is 84.7 cm³/mol. The van der Waals surface area contributed by atoms with E-state index in [1.54, 1.807) is 11.3 Å². The number of hydrogen-bond acceptors (Lipinski definition) is 5. The number of nitrogens with two attached hydrogens (primary N) is 2. The van der Waals surface area contributed by atoms with E-state index in [1.807, 2.05) is 18.2 Å². The minimum absolute atomic E-state index is 0.748. The molecule has 4 nitrogen and oxygen atoms in total. The lowest BCUT2D eigenvalue weighted by Crippen LogP contribution is -2.35. The highest BCUT2D eigenvalue weighted by molar-refractivity contribution is 7.08. The number of ether oxygens (including phenoxy) is 1. The Morgan fingerprint density at radius 2 is 1.90 bits per heavy atom. The molecule has 1 fully saturated rings. The summed E-state index contributed by atoms with van der Waals surface area (Å²) in [6.07, 6.45) is 0. The fraction of sp³-hybridized carbons (Fsp3) is 0.333. The maximum absolute atomic E-state index is 6.10. The second-order valence-corrected chi connectivity index (χ2v) is 5.79. The molecule has 0 saturated carbocycles. The second kappa shape index (κ2) is 5.83. The molecule has 0 spiro atoms. The first-order valence-corrected chi connectivity index (χ1v) is 7.69. The normalized spacial score (nSPS) is 16.4. The van der Waals surface area contributed by atoms with E-state index in [9.17, 15) is 0 Å². The number of rotatable bonds is 3. The molecule has 1 aromatic heterocycles. The molecule has 1 aromatic carbocycles. The summed E-state index contributed by atoms with van der Waals surface area (Å²) in [5.41, 5.74) is 17.1. The molecule has 0 amide bonds. The zero-order valence-electron chi connectivity index (χ0n) is 11.3. The van der Waals surface area contributed by atoms with Gasteiger partial charge in [-0.1, -0.05) is 0 Å². The van der Waals surface area contributed by atoms with Crippen molar-refractivity contribution in [2.75, 3.05) is 37.8 Å². The van der Waals surface area contributed by atoms with Gasteiger partial charge in [0.05, 0.1) is 13.2 Å². The molecule has 1 saturated heterocycles. The number of thiophene rings is 1. The van der Waals surface area contributed by atoms with Crippen LogP contribution in [0.1, 0.15) is 5.56 Å². The van der Waals surface area contributed by atoms with Crippen molar-refractivity contribution in [3.05, 3.63) is 34.5 Å². The van der Waals surface area contributed by atoms with E-state index in [2.05, 4.69) is 15.7 Å². The smallest absolute Gasteiger partial charge is 0.0594 e. The van der Waals surface area contributed by atoms with Crippen LogP contribution in [0.4, 0.5) is 11.4 Å². The number of nitrogen functional groups attached to an aromatic ring is 2. The van der Waals surface area contributed by atoms with Gasteiger partial charge in [0.25, 0.3) is 0 Å². The van der Waals surface area contributed by atoms with E-state index >= 15 is 0 Å². The van der Waals surface area contributed by atoms with E-state index in [-0.39, 0.29) is 0 Å². The standard InChI is InChI=1S/C15H19N3OS/c16-12-1-2-15(17)13(7-12)14-10-20-9-11(14)8-18-3-5-19-6-4-18/h1-2,7,9-10H,3-6,8,16-17H2. The molecule has 4 N–H and O–H groups in total. The Morgan fingerprint density at radius 1 is 1.10 bits per heavy atom. The van der Waals surface area contributed by atoms with Gasteiger partial charge < -0.3 is 16.2 Å². The van der Waals surface area contributed by atoms with Crippen molar-refractivity contribution < 1.29 is 4.74 Å². The molecule has 1 aliphatic heterocycles. The molecule has 2 heterocycles. The Bertz CT molecular complexity index is 591. The Labute approximate surface area is 123 Å². The van der Waals surface area contributed by atoms with Crippen molar-refractivity contribution in [1.82, 2.24) is 4.90 Å². The van der Waals surface area contributed by atoms with Crippen LogP contribution in [0.25, 0.3) is 11.1 Å². The Balaban J connectivity index is 1.87. The molecule has 0 unspecified atom stereocenters. The number of nitrogens with zero attached hydrogens (tertiary/aromatic N) is 1. The highest BCUT2D eigenvalue weighted by atomic mass is 32.1. The third-order valence-electron chi connectivity index (χ3n) is 3.61. The zero-order valence-corrected chi connectivity index (χ0v) is 12.2.